The Balaban J connectivity index is 1.68. The molecule has 1 aromatic heterocycles. The summed E-state index contributed by atoms with van der Waals surface area (Å²) in [5.41, 5.74) is -0.423. The molecule has 0 radical (unpaired) electrons. The predicted octanol–water partition coefficient (Wildman–Crippen LogP) is 1.26. The Labute approximate surface area is 125 Å². The number of carbonyl (C=O) groups excluding carboxylic acids is 1. The summed E-state index contributed by atoms with van der Waals surface area (Å²) in [6.07, 6.45) is 5.06. The fraction of sp³-hybridized carbons (Fsp3) is 0.188. The number of ether oxygens (including phenoxy) is 1. The molecule has 22 heavy (non-hydrogen) atoms. The van der Waals surface area contributed by atoms with Crippen molar-refractivity contribution in [2.75, 3.05) is 0 Å². The number of hydrogen-bond donors (Lipinski definition) is 1. The number of rotatable bonds is 3. The monoisotopic (exact) mass is 298 g/mol. The molecule has 2 unspecified atom stereocenters. The number of esters is 1. The molecule has 1 heterocycles. The van der Waals surface area contributed by atoms with Gasteiger partial charge in [0.1, 0.15) is 6.10 Å². The largest absolute Gasteiger partial charge is 0.454 e. The molecule has 6 nitrogen and oxygen atoms in total. The van der Waals surface area contributed by atoms with E-state index >= 15 is 0 Å². The minimum absolute atomic E-state index is 0.238. The molecule has 1 N–H and O–H groups in total. The van der Waals surface area contributed by atoms with Crippen LogP contribution >= 0.6 is 0 Å². The van der Waals surface area contributed by atoms with E-state index in [1.54, 1.807) is 36.4 Å². The van der Waals surface area contributed by atoms with Gasteiger partial charge in [-0.15, -0.1) is 0 Å². The van der Waals surface area contributed by atoms with Crippen LogP contribution in [0.1, 0.15) is 22.8 Å². The minimum atomic E-state index is -0.475. The van der Waals surface area contributed by atoms with Gasteiger partial charge in [-0.05, 0) is 18.2 Å². The van der Waals surface area contributed by atoms with Gasteiger partial charge in [0.05, 0.1) is 11.6 Å². The van der Waals surface area contributed by atoms with Crippen LogP contribution in [-0.2, 0) is 4.74 Å². The Hall–Kier alpha value is -2.89. The lowest BCUT2D eigenvalue weighted by atomic mass is 10.2. The number of aromatic amines is 1. The molecule has 6 heteroatoms. The van der Waals surface area contributed by atoms with Crippen LogP contribution in [0.3, 0.4) is 0 Å². The second-order valence-electron chi connectivity index (χ2n) is 5.02. The average Bonchev–Trinajstić information content (AvgIpc) is 2.96. The number of benzene rings is 1. The van der Waals surface area contributed by atoms with Crippen molar-refractivity contribution in [3.05, 3.63) is 81.1 Å². The highest BCUT2D eigenvalue weighted by molar-refractivity contribution is 5.89. The second kappa shape index (κ2) is 5.85. The van der Waals surface area contributed by atoms with Crippen LogP contribution < -0.4 is 11.2 Å². The molecule has 1 aliphatic carbocycles. The van der Waals surface area contributed by atoms with Crippen molar-refractivity contribution in [3.8, 4) is 0 Å². The van der Waals surface area contributed by atoms with Crippen molar-refractivity contribution < 1.29 is 9.53 Å². The summed E-state index contributed by atoms with van der Waals surface area (Å²) in [7, 11) is 0. The van der Waals surface area contributed by atoms with Gasteiger partial charge in [0.15, 0.2) is 0 Å². The number of nitrogens with one attached hydrogen (secondary N) is 1. The molecule has 1 aliphatic rings. The standard InChI is InChI=1S/C16H14N2O4/c19-14-8-9-18(16(21)17-14)12-6-7-13(10-12)22-15(20)11-4-2-1-3-5-11/h1-9,12-13H,10H2,(H,17,19,21). The van der Waals surface area contributed by atoms with Crippen molar-refractivity contribution >= 4 is 5.97 Å². The first kappa shape index (κ1) is 14.1. The lowest BCUT2D eigenvalue weighted by Gasteiger charge is -2.15. The van der Waals surface area contributed by atoms with E-state index in [0.29, 0.717) is 12.0 Å². The molecule has 0 spiro atoms. The van der Waals surface area contributed by atoms with E-state index in [0.717, 1.165) is 0 Å². The number of aromatic nitrogens is 2. The number of H-pyrrole nitrogens is 1. The maximum Gasteiger partial charge on any atom is 0.338 e. The summed E-state index contributed by atoms with van der Waals surface area (Å²) in [6.45, 7) is 0. The molecule has 0 saturated carbocycles. The summed E-state index contributed by atoms with van der Waals surface area (Å²) in [6, 6.07) is 9.78. The van der Waals surface area contributed by atoms with E-state index < -0.39 is 23.3 Å². The topological polar surface area (TPSA) is 81.2 Å². The Bertz CT molecular complexity index is 820. The smallest absolute Gasteiger partial charge is 0.338 e. The van der Waals surface area contributed by atoms with Crippen molar-refractivity contribution in [3.63, 3.8) is 0 Å². The molecule has 112 valence electrons. The van der Waals surface area contributed by atoms with Crippen molar-refractivity contribution in [2.24, 2.45) is 0 Å². The van der Waals surface area contributed by atoms with Crippen LogP contribution in [0.25, 0.3) is 0 Å². The highest BCUT2D eigenvalue weighted by atomic mass is 16.5. The van der Waals surface area contributed by atoms with Gasteiger partial charge in [-0.1, -0.05) is 24.3 Å². The number of nitrogens with zero attached hydrogens (tertiary/aromatic N) is 1. The van der Waals surface area contributed by atoms with E-state index in [1.807, 2.05) is 6.07 Å². The summed E-state index contributed by atoms with van der Waals surface area (Å²) < 4.78 is 6.81. The van der Waals surface area contributed by atoms with Crippen molar-refractivity contribution in [1.29, 1.82) is 0 Å². The maximum absolute atomic E-state index is 12.0. The van der Waals surface area contributed by atoms with Crippen LogP contribution in [0.15, 0.2) is 64.3 Å². The molecule has 2 atom stereocenters. The number of carbonyl (C=O) groups is 1. The average molecular weight is 298 g/mol. The molecular formula is C16H14N2O4. The van der Waals surface area contributed by atoms with Crippen molar-refractivity contribution in [2.45, 2.75) is 18.6 Å². The maximum atomic E-state index is 12.0. The zero-order valence-corrected chi connectivity index (χ0v) is 11.6. The first-order chi connectivity index (χ1) is 10.6. The van der Waals surface area contributed by atoms with Gasteiger partial charge < -0.3 is 4.74 Å². The lowest BCUT2D eigenvalue weighted by Crippen LogP contribution is -2.31. The normalized spacial score (nSPS) is 20.0. The van der Waals surface area contributed by atoms with Gasteiger partial charge in [0, 0.05) is 18.7 Å². The molecule has 0 aliphatic heterocycles. The molecule has 0 amide bonds. The quantitative estimate of drug-likeness (QED) is 0.683. The Kier molecular flexibility index (Phi) is 3.74. The first-order valence-corrected chi connectivity index (χ1v) is 6.89. The molecule has 0 saturated heterocycles. The summed E-state index contributed by atoms with van der Waals surface area (Å²) in [5, 5.41) is 0. The Morgan fingerprint density at radius 2 is 1.91 bits per heavy atom. The highest BCUT2D eigenvalue weighted by Crippen LogP contribution is 2.24. The fourth-order valence-corrected chi connectivity index (χ4v) is 2.41. The van der Waals surface area contributed by atoms with Crippen molar-refractivity contribution in [1.82, 2.24) is 9.55 Å². The highest BCUT2D eigenvalue weighted by Gasteiger charge is 2.24. The van der Waals surface area contributed by atoms with E-state index in [4.69, 9.17) is 4.74 Å². The molecular weight excluding hydrogens is 284 g/mol. The molecule has 0 fully saturated rings. The molecule has 0 bridgehead atoms. The van der Waals surface area contributed by atoms with Gasteiger partial charge in [-0.25, -0.2) is 9.59 Å². The van der Waals surface area contributed by atoms with Gasteiger partial charge in [0.25, 0.3) is 5.56 Å². The summed E-state index contributed by atoms with van der Waals surface area (Å²) in [5.74, 6) is -0.398. The van der Waals surface area contributed by atoms with Gasteiger partial charge in [-0.2, -0.15) is 0 Å². The van der Waals surface area contributed by atoms with Crippen LogP contribution in [0.5, 0.6) is 0 Å². The molecule has 1 aromatic carbocycles. The van der Waals surface area contributed by atoms with Gasteiger partial charge in [-0.3, -0.25) is 14.3 Å². The van der Waals surface area contributed by atoms with Crippen LogP contribution in [0, 0.1) is 0 Å². The third kappa shape index (κ3) is 2.90. The molecule has 2 aromatic rings. The zero-order valence-electron chi connectivity index (χ0n) is 11.6. The van der Waals surface area contributed by atoms with Gasteiger partial charge >= 0.3 is 11.7 Å². The van der Waals surface area contributed by atoms with Crippen LogP contribution in [-0.4, -0.2) is 21.6 Å². The SMILES string of the molecule is O=C(OC1C=CC(n2ccc(=O)[nH]c2=O)C1)c1ccccc1. The first-order valence-electron chi connectivity index (χ1n) is 6.89. The summed E-state index contributed by atoms with van der Waals surface area (Å²) in [4.78, 5) is 37.0. The fourth-order valence-electron chi connectivity index (χ4n) is 2.41. The Morgan fingerprint density at radius 3 is 2.64 bits per heavy atom. The van der Waals surface area contributed by atoms with E-state index in [1.165, 1.54) is 16.8 Å². The number of hydrogen-bond acceptors (Lipinski definition) is 4. The number of allylic oxidation sites excluding steroid dienone is 1. The van der Waals surface area contributed by atoms with E-state index in [2.05, 4.69) is 4.98 Å². The molecule has 3 rings (SSSR count). The zero-order chi connectivity index (χ0) is 15.5. The summed E-state index contributed by atoms with van der Waals surface area (Å²) >= 11 is 0. The van der Waals surface area contributed by atoms with Gasteiger partial charge in [0.2, 0.25) is 0 Å². The predicted molar refractivity (Wildman–Crippen MR) is 79.8 cm³/mol. The third-order valence-electron chi connectivity index (χ3n) is 3.50. The van der Waals surface area contributed by atoms with Crippen LogP contribution in [0.4, 0.5) is 0 Å². The lowest BCUT2D eigenvalue weighted by molar-refractivity contribution is 0.0382. The third-order valence-corrected chi connectivity index (χ3v) is 3.50. The minimum Gasteiger partial charge on any atom is -0.454 e. The van der Waals surface area contributed by atoms with E-state index in [-0.39, 0.29) is 6.04 Å². The van der Waals surface area contributed by atoms with Crippen LogP contribution in [0.2, 0.25) is 0 Å². The Morgan fingerprint density at radius 1 is 1.14 bits per heavy atom. The second-order valence-corrected chi connectivity index (χ2v) is 5.02. The van der Waals surface area contributed by atoms with E-state index in [9.17, 15) is 14.4 Å².